The molecular weight excluding hydrogens is 286 g/mol. The molecule has 0 aliphatic heterocycles. The van der Waals surface area contributed by atoms with Gasteiger partial charge in [0.05, 0.1) is 14.2 Å². The summed E-state index contributed by atoms with van der Waals surface area (Å²) in [7, 11) is 2.95. The van der Waals surface area contributed by atoms with Crippen LogP contribution in [0.2, 0.25) is 0 Å². The molecule has 1 heterocycles. The van der Waals surface area contributed by atoms with Crippen LogP contribution in [0.25, 0.3) is 0 Å². The fraction of sp³-hybridized carbons (Fsp3) is 0.800. The van der Waals surface area contributed by atoms with Gasteiger partial charge in [0.1, 0.15) is 5.60 Å². The van der Waals surface area contributed by atoms with Crippen LogP contribution < -0.4 is 14.4 Å². The second kappa shape index (κ2) is 5.22. The summed E-state index contributed by atoms with van der Waals surface area (Å²) in [5.41, 5.74) is -0.200. The molecule has 22 heavy (non-hydrogen) atoms. The van der Waals surface area contributed by atoms with E-state index in [1.54, 1.807) is 0 Å². The van der Waals surface area contributed by atoms with Crippen LogP contribution in [0.1, 0.15) is 40.0 Å². The van der Waals surface area contributed by atoms with Gasteiger partial charge in [-0.2, -0.15) is 4.89 Å². The molecule has 3 fully saturated rings. The highest BCUT2D eigenvalue weighted by atomic mass is 17.2. The van der Waals surface area contributed by atoms with E-state index in [2.05, 4.69) is 35.7 Å². The Hall–Kier alpha value is -1.63. The number of hydrogen-bond acceptors (Lipinski definition) is 7. The van der Waals surface area contributed by atoms with Crippen molar-refractivity contribution in [2.75, 3.05) is 14.2 Å². The minimum Gasteiger partial charge on any atom is -0.467 e. The molecule has 7 nitrogen and oxygen atoms in total. The van der Waals surface area contributed by atoms with Gasteiger partial charge in [-0.1, -0.05) is 20.8 Å². The van der Waals surface area contributed by atoms with Gasteiger partial charge in [-0.15, -0.1) is 15.0 Å². The Morgan fingerprint density at radius 3 is 2.05 bits per heavy atom. The molecule has 1 aromatic rings. The van der Waals surface area contributed by atoms with E-state index in [0.29, 0.717) is 11.8 Å². The fourth-order valence-electron chi connectivity index (χ4n) is 3.96. The molecular formula is C15H23N3O4. The summed E-state index contributed by atoms with van der Waals surface area (Å²) >= 11 is 0. The van der Waals surface area contributed by atoms with Crippen LogP contribution in [0.4, 0.5) is 0 Å². The Balaban J connectivity index is 1.77. The van der Waals surface area contributed by atoms with Gasteiger partial charge in [0.25, 0.3) is 0 Å². The summed E-state index contributed by atoms with van der Waals surface area (Å²) in [6.07, 6.45) is 3.43. The van der Waals surface area contributed by atoms with E-state index >= 15 is 0 Å². The van der Waals surface area contributed by atoms with E-state index in [1.165, 1.54) is 20.6 Å². The zero-order chi connectivity index (χ0) is 16.0. The van der Waals surface area contributed by atoms with Crippen molar-refractivity contribution in [1.82, 2.24) is 15.0 Å². The Kier molecular flexibility index (Phi) is 3.63. The van der Waals surface area contributed by atoms with Crippen LogP contribution in [-0.2, 0) is 4.89 Å². The third-order valence-electron chi connectivity index (χ3n) is 5.61. The zero-order valence-electron chi connectivity index (χ0n) is 13.8. The highest BCUT2D eigenvalue weighted by Gasteiger charge is 2.67. The van der Waals surface area contributed by atoms with E-state index in [4.69, 9.17) is 19.2 Å². The van der Waals surface area contributed by atoms with Crippen LogP contribution in [0.5, 0.6) is 18.0 Å². The van der Waals surface area contributed by atoms with Crippen molar-refractivity contribution >= 4 is 0 Å². The summed E-state index contributed by atoms with van der Waals surface area (Å²) < 4.78 is 10.0. The molecule has 0 spiro atoms. The Labute approximate surface area is 130 Å². The molecule has 122 valence electrons. The number of fused-ring (bicyclic) bond motifs is 2. The van der Waals surface area contributed by atoms with E-state index in [9.17, 15) is 0 Å². The fourth-order valence-corrected chi connectivity index (χ4v) is 3.96. The average molecular weight is 309 g/mol. The maximum absolute atomic E-state index is 5.89. The summed E-state index contributed by atoms with van der Waals surface area (Å²) in [4.78, 5) is 23.3. The minimum atomic E-state index is -0.289. The summed E-state index contributed by atoms with van der Waals surface area (Å²) in [6.45, 7) is 6.71. The molecule has 0 radical (unpaired) electrons. The Morgan fingerprint density at radius 2 is 1.55 bits per heavy atom. The lowest BCUT2D eigenvalue weighted by Gasteiger charge is -2.65. The van der Waals surface area contributed by atoms with Crippen LogP contribution in [0.15, 0.2) is 0 Å². The van der Waals surface area contributed by atoms with Gasteiger partial charge in [-0.05, 0) is 31.1 Å². The first-order valence-electron chi connectivity index (χ1n) is 7.62. The number of rotatable bonds is 5. The Bertz CT molecular complexity index is 543. The van der Waals surface area contributed by atoms with E-state index < -0.39 is 0 Å². The number of nitrogens with zero attached hydrogens (tertiary/aromatic N) is 3. The first-order chi connectivity index (χ1) is 10.4. The molecule has 0 amide bonds. The molecule has 3 saturated carbocycles. The lowest BCUT2D eigenvalue weighted by atomic mass is 9.43. The van der Waals surface area contributed by atoms with E-state index in [0.717, 1.165) is 12.8 Å². The summed E-state index contributed by atoms with van der Waals surface area (Å²) in [5, 5.41) is 0. The van der Waals surface area contributed by atoms with Crippen molar-refractivity contribution in [3.8, 4) is 18.0 Å². The molecule has 3 aliphatic rings. The number of hydrogen-bond donors (Lipinski definition) is 0. The van der Waals surface area contributed by atoms with Gasteiger partial charge in [0, 0.05) is 5.41 Å². The van der Waals surface area contributed by atoms with Crippen molar-refractivity contribution in [1.29, 1.82) is 0 Å². The molecule has 1 aromatic heterocycles. The highest BCUT2D eigenvalue weighted by molar-refractivity contribution is 5.15. The standard InChI is InChI=1S/C15H23N3O4/c1-9-6-7-10-8-15(9,14(10,2)3)22-21-13-17-11(19-4)16-12(18-13)20-5/h9-10H,6-8H2,1-5H3. The largest absolute Gasteiger partial charge is 0.467 e. The van der Waals surface area contributed by atoms with Gasteiger partial charge >= 0.3 is 18.0 Å². The number of ether oxygens (including phenoxy) is 2. The van der Waals surface area contributed by atoms with E-state index in [-0.39, 0.29) is 29.0 Å². The maximum atomic E-state index is 5.89. The maximum Gasteiger partial charge on any atom is 0.362 e. The molecule has 3 aliphatic carbocycles. The SMILES string of the molecule is COc1nc(OC)nc(OOC23CC(CCC2C)C3(C)C)n1. The third kappa shape index (κ3) is 2.10. The topological polar surface area (TPSA) is 75.6 Å². The zero-order valence-corrected chi connectivity index (χ0v) is 13.8. The average Bonchev–Trinajstić information content (AvgIpc) is 2.52. The molecule has 0 saturated heterocycles. The number of methoxy groups -OCH3 is 2. The predicted molar refractivity (Wildman–Crippen MR) is 77.7 cm³/mol. The smallest absolute Gasteiger partial charge is 0.362 e. The molecule has 4 rings (SSSR count). The molecule has 2 bridgehead atoms. The molecule has 0 N–H and O–H groups in total. The molecule has 3 atom stereocenters. The summed E-state index contributed by atoms with van der Waals surface area (Å²) in [5.74, 6) is 1.12. The third-order valence-corrected chi connectivity index (χ3v) is 5.61. The second-order valence-electron chi connectivity index (χ2n) is 6.75. The van der Waals surface area contributed by atoms with Gasteiger partial charge in [-0.25, -0.2) is 0 Å². The first-order valence-corrected chi connectivity index (χ1v) is 7.62. The van der Waals surface area contributed by atoms with Crippen LogP contribution in [0.3, 0.4) is 0 Å². The minimum absolute atomic E-state index is 0.0510. The predicted octanol–water partition coefficient (Wildman–Crippen LogP) is 2.41. The molecule has 0 aromatic carbocycles. The Morgan fingerprint density at radius 1 is 0.955 bits per heavy atom. The summed E-state index contributed by atoms with van der Waals surface area (Å²) in [6, 6.07) is 0.311. The van der Waals surface area contributed by atoms with Crippen LogP contribution in [-0.4, -0.2) is 34.8 Å². The first kappa shape index (κ1) is 15.3. The number of aromatic nitrogens is 3. The second-order valence-corrected chi connectivity index (χ2v) is 6.75. The van der Waals surface area contributed by atoms with Crippen molar-refractivity contribution < 1.29 is 19.2 Å². The van der Waals surface area contributed by atoms with Crippen molar-refractivity contribution in [3.63, 3.8) is 0 Å². The van der Waals surface area contributed by atoms with Gasteiger partial charge < -0.3 is 9.47 Å². The van der Waals surface area contributed by atoms with E-state index in [1.807, 2.05) is 0 Å². The highest BCUT2D eigenvalue weighted by Crippen LogP contribution is 2.65. The van der Waals surface area contributed by atoms with Crippen molar-refractivity contribution in [2.24, 2.45) is 17.3 Å². The van der Waals surface area contributed by atoms with Crippen LogP contribution in [0, 0.1) is 17.3 Å². The molecule has 7 heteroatoms. The van der Waals surface area contributed by atoms with Crippen molar-refractivity contribution in [2.45, 2.75) is 45.6 Å². The van der Waals surface area contributed by atoms with Crippen LogP contribution >= 0.6 is 0 Å². The van der Waals surface area contributed by atoms with Gasteiger partial charge in [0.2, 0.25) is 0 Å². The lowest BCUT2D eigenvalue weighted by Crippen LogP contribution is -2.68. The quantitative estimate of drug-likeness (QED) is 0.610. The van der Waals surface area contributed by atoms with Crippen molar-refractivity contribution in [3.05, 3.63) is 0 Å². The monoisotopic (exact) mass is 309 g/mol. The molecule has 3 unspecified atom stereocenters. The normalized spacial score (nSPS) is 32.0. The lowest BCUT2D eigenvalue weighted by molar-refractivity contribution is -0.401. The van der Waals surface area contributed by atoms with Gasteiger partial charge in [-0.3, -0.25) is 4.89 Å². The van der Waals surface area contributed by atoms with Gasteiger partial charge in [0.15, 0.2) is 0 Å².